The molecule has 0 saturated carbocycles. The minimum absolute atomic E-state index is 0.330. The monoisotopic (exact) mass is 454 g/mol. The molecule has 174 valence electrons. The van der Waals surface area contributed by atoms with Crippen LogP contribution in [0, 0.1) is 11.2 Å². The molecular formula is C23H27FN6O3. The molecule has 3 heterocycles. The number of nitrogens with two attached hydrogens (primary N) is 1. The molecule has 1 aliphatic rings. The Balaban J connectivity index is 1.58. The number of carbonyl (C=O) groups is 1. The Morgan fingerprint density at radius 2 is 1.97 bits per heavy atom. The summed E-state index contributed by atoms with van der Waals surface area (Å²) in [5, 5.41) is 0. The van der Waals surface area contributed by atoms with Gasteiger partial charge < -0.3 is 20.2 Å². The van der Waals surface area contributed by atoms with Crippen LogP contribution in [0.2, 0.25) is 0 Å². The molecule has 4 rings (SSSR count). The number of rotatable bonds is 7. The fraction of sp³-hybridized carbons (Fsp3) is 0.391. The molecule has 33 heavy (non-hydrogen) atoms. The Bertz CT molecular complexity index is 1100. The summed E-state index contributed by atoms with van der Waals surface area (Å²) in [6, 6.07) is 7.42. The minimum Gasteiger partial charge on any atom is -0.368 e. The molecule has 2 aromatic heterocycles. The lowest BCUT2D eigenvalue weighted by molar-refractivity contribution is -0.236. The van der Waals surface area contributed by atoms with Crippen molar-refractivity contribution in [3.63, 3.8) is 0 Å². The molecule has 1 unspecified atom stereocenters. The van der Waals surface area contributed by atoms with Crippen LogP contribution in [0.4, 0.5) is 4.39 Å². The predicted octanol–water partition coefficient (Wildman–Crippen LogP) is 2.53. The van der Waals surface area contributed by atoms with E-state index in [-0.39, 0.29) is 17.1 Å². The lowest BCUT2D eigenvalue weighted by Crippen LogP contribution is -2.47. The van der Waals surface area contributed by atoms with E-state index >= 15 is 0 Å². The van der Waals surface area contributed by atoms with E-state index in [1.807, 2.05) is 21.0 Å². The molecule has 1 fully saturated rings. The van der Waals surface area contributed by atoms with Gasteiger partial charge in [-0.25, -0.2) is 19.3 Å². The maximum absolute atomic E-state index is 13.5. The first kappa shape index (κ1) is 23.0. The van der Waals surface area contributed by atoms with Crippen molar-refractivity contribution >= 4 is 5.91 Å². The maximum Gasteiger partial charge on any atom is 0.234 e. The van der Waals surface area contributed by atoms with Crippen molar-refractivity contribution in [2.45, 2.75) is 25.7 Å². The molecule has 1 saturated heterocycles. The van der Waals surface area contributed by atoms with Gasteiger partial charge in [0.2, 0.25) is 12.2 Å². The fourth-order valence-corrected chi connectivity index (χ4v) is 3.87. The second-order valence-corrected chi connectivity index (χ2v) is 8.80. The summed E-state index contributed by atoms with van der Waals surface area (Å²) in [6.45, 7) is 2.73. The van der Waals surface area contributed by atoms with Gasteiger partial charge in [0.25, 0.3) is 0 Å². The summed E-state index contributed by atoms with van der Waals surface area (Å²) in [6.07, 6.45) is 2.87. The van der Waals surface area contributed by atoms with E-state index in [9.17, 15) is 9.18 Å². The number of carbonyl (C=O) groups excluding carboxylic acids is 1. The van der Waals surface area contributed by atoms with Gasteiger partial charge in [0.05, 0.1) is 36.3 Å². The van der Waals surface area contributed by atoms with Gasteiger partial charge in [-0.15, -0.1) is 0 Å². The highest BCUT2D eigenvalue weighted by Gasteiger charge is 2.38. The number of nitrogens with one attached hydrogen (secondary N) is 1. The van der Waals surface area contributed by atoms with Crippen molar-refractivity contribution in [3.8, 4) is 22.6 Å². The zero-order chi connectivity index (χ0) is 23.6. The third-order valence-corrected chi connectivity index (χ3v) is 5.71. The van der Waals surface area contributed by atoms with E-state index in [1.54, 1.807) is 29.3 Å². The second-order valence-electron chi connectivity index (χ2n) is 8.80. The Morgan fingerprint density at radius 1 is 1.27 bits per heavy atom. The van der Waals surface area contributed by atoms with Crippen molar-refractivity contribution in [2.24, 2.45) is 11.1 Å². The third-order valence-electron chi connectivity index (χ3n) is 5.71. The van der Waals surface area contributed by atoms with E-state index < -0.39 is 12.3 Å². The van der Waals surface area contributed by atoms with E-state index in [0.29, 0.717) is 42.5 Å². The quantitative estimate of drug-likeness (QED) is 0.563. The van der Waals surface area contributed by atoms with Crippen molar-refractivity contribution in [1.29, 1.82) is 0 Å². The molecule has 3 aromatic rings. The average molecular weight is 455 g/mol. The molecule has 1 aliphatic heterocycles. The zero-order valence-electron chi connectivity index (χ0n) is 18.8. The molecule has 0 aliphatic carbocycles. The van der Waals surface area contributed by atoms with Crippen molar-refractivity contribution in [2.75, 3.05) is 27.3 Å². The smallest absolute Gasteiger partial charge is 0.234 e. The Labute approximate surface area is 191 Å². The first-order chi connectivity index (χ1) is 15.8. The summed E-state index contributed by atoms with van der Waals surface area (Å²) in [7, 11) is 3.64. The molecule has 9 nitrogen and oxygen atoms in total. The van der Waals surface area contributed by atoms with Crippen LogP contribution >= 0.6 is 0 Å². The first-order valence-electron chi connectivity index (χ1n) is 10.6. The molecule has 0 radical (unpaired) electrons. The number of aromatic nitrogens is 4. The predicted molar refractivity (Wildman–Crippen MR) is 119 cm³/mol. The topological polar surface area (TPSA) is 119 Å². The van der Waals surface area contributed by atoms with Gasteiger partial charge in [0, 0.05) is 17.2 Å². The third kappa shape index (κ3) is 5.08. The maximum atomic E-state index is 13.5. The van der Waals surface area contributed by atoms with Gasteiger partial charge in [-0.05, 0) is 50.8 Å². The van der Waals surface area contributed by atoms with Crippen LogP contribution in [0.1, 0.15) is 25.5 Å². The first-order valence-corrected chi connectivity index (χ1v) is 10.6. The lowest BCUT2D eigenvalue weighted by atomic mass is 9.84. The van der Waals surface area contributed by atoms with Gasteiger partial charge in [0.15, 0.2) is 5.82 Å². The van der Waals surface area contributed by atoms with E-state index in [1.165, 1.54) is 18.5 Å². The Hall–Kier alpha value is -3.21. The Morgan fingerprint density at radius 3 is 2.55 bits per heavy atom. The van der Waals surface area contributed by atoms with Crippen molar-refractivity contribution < 1.29 is 18.7 Å². The number of amides is 1. The number of imidazole rings is 1. The van der Waals surface area contributed by atoms with Crippen LogP contribution in [0.3, 0.4) is 0 Å². The van der Waals surface area contributed by atoms with E-state index in [4.69, 9.17) is 20.2 Å². The minimum atomic E-state index is -0.723. The van der Waals surface area contributed by atoms with Gasteiger partial charge in [-0.1, -0.05) is 6.92 Å². The van der Waals surface area contributed by atoms with Gasteiger partial charge in [-0.3, -0.25) is 9.69 Å². The van der Waals surface area contributed by atoms with Gasteiger partial charge >= 0.3 is 0 Å². The number of likely N-dealkylation sites (N-methyl/N-ethyl adjacent to an activating group) is 1. The molecule has 1 atom stereocenters. The summed E-state index contributed by atoms with van der Waals surface area (Å²) >= 11 is 0. The fourth-order valence-electron chi connectivity index (χ4n) is 3.87. The van der Waals surface area contributed by atoms with Crippen LogP contribution in [0.15, 0.2) is 42.9 Å². The van der Waals surface area contributed by atoms with Crippen LogP contribution in [0.25, 0.3) is 22.6 Å². The van der Waals surface area contributed by atoms with Crippen LogP contribution in [-0.2, 0) is 14.3 Å². The van der Waals surface area contributed by atoms with E-state index in [0.717, 1.165) is 5.56 Å². The van der Waals surface area contributed by atoms with Crippen molar-refractivity contribution in [1.82, 2.24) is 24.8 Å². The highest BCUT2D eigenvalue weighted by Crippen LogP contribution is 2.37. The summed E-state index contributed by atoms with van der Waals surface area (Å²) in [5.74, 6) is -0.236. The number of aromatic amines is 1. The molecular weight excluding hydrogens is 427 g/mol. The molecule has 1 aromatic carbocycles. The second kappa shape index (κ2) is 9.34. The molecule has 0 spiro atoms. The van der Waals surface area contributed by atoms with Crippen LogP contribution in [-0.4, -0.2) is 64.1 Å². The SMILES string of the molecule is CN(C)C(CC1(C)COC(c2nc(-c3ccc(F)cc3)c(-c3ccncn3)[nH]2)OC1)C(N)=O. The summed E-state index contributed by atoms with van der Waals surface area (Å²) < 4.78 is 25.5. The van der Waals surface area contributed by atoms with Gasteiger partial charge in [0.1, 0.15) is 12.1 Å². The zero-order valence-corrected chi connectivity index (χ0v) is 18.8. The number of nitrogens with zero attached hydrogens (tertiary/aromatic N) is 4. The lowest BCUT2D eigenvalue weighted by Gasteiger charge is -2.39. The molecule has 1 amide bonds. The number of primary amides is 1. The number of hydrogen-bond acceptors (Lipinski definition) is 7. The average Bonchev–Trinajstić information content (AvgIpc) is 3.24. The standard InChI is InChI=1S/C23H27FN6O3/c1-23(10-17(20(25)31)30(2)3)11-32-22(33-12-23)21-28-18(14-4-6-15(24)7-5-14)19(29-21)16-8-9-26-13-27-16/h4-9,13,17,22H,10-12H2,1-3H3,(H2,25,31)(H,28,29). The number of halogens is 1. The van der Waals surface area contributed by atoms with Crippen LogP contribution < -0.4 is 5.73 Å². The number of benzene rings is 1. The Kier molecular flexibility index (Phi) is 6.50. The highest BCUT2D eigenvalue weighted by atomic mass is 19.1. The molecule has 0 bridgehead atoms. The molecule has 3 N–H and O–H groups in total. The number of H-pyrrole nitrogens is 1. The largest absolute Gasteiger partial charge is 0.368 e. The normalized spacial score (nSPS) is 21.8. The number of hydrogen-bond donors (Lipinski definition) is 2. The van der Waals surface area contributed by atoms with Gasteiger partial charge in [-0.2, -0.15) is 0 Å². The van der Waals surface area contributed by atoms with E-state index in [2.05, 4.69) is 15.0 Å². The summed E-state index contributed by atoms with van der Waals surface area (Å²) in [4.78, 5) is 29.9. The number of ether oxygens (including phenoxy) is 2. The van der Waals surface area contributed by atoms with Crippen LogP contribution in [0.5, 0.6) is 0 Å². The molecule has 10 heteroatoms. The summed E-state index contributed by atoms with van der Waals surface area (Å²) in [5.41, 5.74) is 7.79. The highest BCUT2D eigenvalue weighted by molar-refractivity contribution is 5.80. The van der Waals surface area contributed by atoms with Crippen molar-refractivity contribution in [3.05, 3.63) is 54.5 Å².